The number of benzene rings is 1. The Kier molecular flexibility index (Phi) is 5.78. The van der Waals surface area contributed by atoms with Crippen LogP contribution in [0.15, 0.2) is 18.2 Å². The molecule has 0 radical (unpaired) electrons. The molecule has 1 unspecified atom stereocenters. The molecule has 0 aliphatic rings. The van der Waals surface area contributed by atoms with Gasteiger partial charge in [0.15, 0.2) is 0 Å². The van der Waals surface area contributed by atoms with E-state index in [0.29, 0.717) is 16.1 Å². The van der Waals surface area contributed by atoms with Crippen molar-refractivity contribution in [1.82, 2.24) is 15.5 Å². The zero-order valence-electron chi connectivity index (χ0n) is 11.5. The van der Waals surface area contributed by atoms with Gasteiger partial charge in [-0.05, 0) is 30.7 Å². The van der Waals surface area contributed by atoms with Gasteiger partial charge in [-0.1, -0.05) is 54.5 Å². The second-order valence-corrected chi connectivity index (χ2v) is 6.39. The minimum absolute atomic E-state index is 0.292. The van der Waals surface area contributed by atoms with Crippen molar-refractivity contribution in [2.45, 2.75) is 32.7 Å². The highest BCUT2D eigenvalue weighted by atomic mass is 35.5. The molecule has 20 heavy (non-hydrogen) atoms. The van der Waals surface area contributed by atoms with Gasteiger partial charge >= 0.3 is 0 Å². The Morgan fingerprint density at radius 1 is 1.20 bits per heavy atom. The van der Waals surface area contributed by atoms with Gasteiger partial charge in [0.25, 0.3) is 0 Å². The van der Waals surface area contributed by atoms with Crippen LogP contribution < -0.4 is 5.32 Å². The number of hydrogen-bond acceptors (Lipinski definition) is 4. The molecule has 1 N–H and O–H groups in total. The maximum atomic E-state index is 6.02. The third-order valence-corrected chi connectivity index (χ3v) is 4.75. The fourth-order valence-corrected chi connectivity index (χ4v) is 3.31. The van der Waals surface area contributed by atoms with E-state index in [-0.39, 0.29) is 0 Å². The smallest absolute Gasteiger partial charge is 0.134 e. The Labute approximate surface area is 133 Å². The lowest BCUT2D eigenvalue weighted by atomic mass is 10.2. The Bertz CT molecular complexity index is 571. The van der Waals surface area contributed by atoms with E-state index in [4.69, 9.17) is 23.2 Å². The monoisotopic (exact) mass is 329 g/mol. The number of hydrogen-bond donors (Lipinski definition) is 1. The van der Waals surface area contributed by atoms with Crippen molar-refractivity contribution in [2.24, 2.45) is 0 Å². The van der Waals surface area contributed by atoms with E-state index in [0.717, 1.165) is 35.0 Å². The second kappa shape index (κ2) is 7.36. The summed E-state index contributed by atoms with van der Waals surface area (Å²) >= 11 is 13.6. The van der Waals surface area contributed by atoms with Crippen LogP contribution in [0.1, 0.15) is 41.9 Å². The van der Waals surface area contributed by atoms with Gasteiger partial charge in [0.2, 0.25) is 0 Å². The summed E-state index contributed by atoms with van der Waals surface area (Å²) in [6.45, 7) is 5.17. The normalized spacial score (nSPS) is 12.6. The van der Waals surface area contributed by atoms with Crippen LogP contribution in [-0.2, 0) is 6.42 Å². The number of nitrogens with one attached hydrogen (secondary N) is 1. The summed E-state index contributed by atoms with van der Waals surface area (Å²) in [6.07, 6.45) is 1.74. The maximum absolute atomic E-state index is 6.02. The van der Waals surface area contributed by atoms with E-state index in [9.17, 15) is 0 Å². The summed E-state index contributed by atoms with van der Waals surface area (Å²) in [5.74, 6) is 0. The minimum atomic E-state index is 0.292. The van der Waals surface area contributed by atoms with Gasteiger partial charge in [-0.15, -0.1) is 10.2 Å². The molecular weight excluding hydrogens is 313 g/mol. The van der Waals surface area contributed by atoms with Crippen molar-refractivity contribution in [1.29, 1.82) is 0 Å². The molecule has 0 saturated carbocycles. The molecule has 0 aliphatic heterocycles. The van der Waals surface area contributed by atoms with Gasteiger partial charge in [0.05, 0.1) is 16.1 Å². The fraction of sp³-hybridized carbons (Fsp3) is 0.429. The van der Waals surface area contributed by atoms with Crippen molar-refractivity contribution < 1.29 is 0 Å². The molecule has 0 fully saturated rings. The predicted octanol–water partition coefficient (Wildman–Crippen LogP) is 4.50. The van der Waals surface area contributed by atoms with Crippen molar-refractivity contribution >= 4 is 34.5 Å². The molecule has 0 saturated heterocycles. The third-order valence-electron chi connectivity index (χ3n) is 2.98. The third kappa shape index (κ3) is 3.92. The summed E-state index contributed by atoms with van der Waals surface area (Å²) < 4.78 is 0. The Morgan fingerprint density at radius 3 is 2.65 bits per heavy atom. The molecule has 0 bridgehead atoms. The van der Waals surface area contributed by atoms with Gasteiger partial charge in [-0.25, -0.2) is 0 Å². The number of halogens is 2. The quantitative estimate of drug-likeness (QED) is 0.848. The van der Waals surface area contributed by atoms with E-state index in [2.05, 4.69) is 29.4 Å². The molecule has 6 heteroatoms. The largest absolute Gasteiger partial charge is 0.308 e. The van der Waals surface area contributed by atoms with Crippen LogP contribution in [0.25, 0.3) is 0 Å². The Balaban J connectivity index is 2.10. The van der Waals surface area contributed by atoms with E-state index in [1.165, 1.54) is 0 Å². The molecule has 108 valence electrons. The fourth-order valence-electron chi connectivity index (χ4n) is 1.96. The molecular formula is C14H17Cl2N3S. The van der Waals surface area contributed by atoms with Crippen LogP contribution in [0.4, 0.5) is 0 Å². The number of aromatic nitrogens is 2. The first kappa shape index (κ1) is 15.7. The van der Waals surface area contributed by atoms with Crippen molar-refractivity contribution in [2.75, 3.05) is 6.54 Å². The average molecular weight is 330 g/mol. The van der Waals surface area contributed by atoms with Gasteiger partial charge < -0.3 is 5.32 Å². The number of nitrogens with zero attached hydrogens (tertiary/aromatic N) is 2. The van der Waals surface area contributed by atoms with E-state index in [1.807, 2.05) is 18.2 Å². The average Bonchev–Trinajstić information content (AvgIpc) is 2.88. The van der Waals surface area contributed by atoms with Crippen molar-refractivity contribution in [3.05, 3.63) is 43.8 Å². The lowest BCUT2D eigenvalue weighted by Gasteiger charge is -2.10. The van der Waals surface area contributed by atoms with Gasteiger partial charge in [0.1, 0.15) is 10.0 Å². The van der Waals surface area contributed by atoms with Crippen molar-refractivity contribution in [3.8, 4) is 0 Å². The molecule has 2 aromatic rings. The molecule has 0 amide bonds. The summed E-state index contributed by atoms with van der Waals surface area (Å²) in [6, 6.07) is 5.96. The van der Waals surface area contributed by atoms with Crippen LogP contribution in [-0.4, -0.2) is 16.7 Å². The zero-order chi connectivity index (χ0) is 14.5. The molecule has 1 atom stereocenters. The standard InChI is InChI=1S/C14H17Cl2N3S/c1-3-12(17-4-2)14-19-18-13(20-14)8-9-5-6-10(15)11(16)7-9/h5-7,12,17H,3-4,8H2,1-2H3. The molecule has 0 aliphatic carbocycles. The van der Waals surface area contributed by atoms with Crippen LogP contribution in [0, 0.1) is 0 Å². The first-order valence-corrected chi connectivity index (χ1v) is 8.20. The molecule has 1 aromatic carbocycles. The maximum Gasteiger partial charge on any atom is 0.134 e. The molecule has 2 rings (SSSR count). The molecule has 0 spiro atoms. The number of rotatable bonds is 6. The van der Waals surface area contributed by atoms with Gasteiger partial charge in [-0.2, -0.15) is 0 Å². The lowest BCUT2D eigenvalue weighted by Crippen LogP contribution is -2.19. The topological polar surface area (TPSA) is 37.8 Å². The second-order valence-electron chi connectivity index (χ2n) is 4.48. The van der Waals surface area contributed by atoms with Gasteiger partial charge in [-0.3, -0.25) is 0 Å². The Morgan fingerprint density at radius 2 is 2.00 bits per heavy atom. The Hall–Kier alpha value is -0.680. The highest BCUT2D eigenvalue weighted by molar-refractivity contribution is 7.11. The SMILES string of the molecule is CCNC(CC)c1nnc(Cc2ccc(Cl)c(Cl)c2)s1. The summed E-state index contributed by atoms with van der Waals surface area (Å²) in [5, 5.41) is 15.2. The highest BCUT2D eigenvalue weighted by Gasteiger charge is 2.14. The molecule has 1 aromatic heterocycles. The van der Waals surface area contributed by atoms with E-state index in [1.54, 1.807) is 11.3 Å². The van der Waals surface area contributed by atoms with Crippen LogP contribution in [0.2, 0.25) is 10.0 Å². The van der Waals surface area contributed by atoms with Crippen LogP contribution in [0.5, 0.6) is 0 Å². The zero-order valence-corrected chi connectivity index (χ0v) is 13.8. The van der Waals surface area contributed by atoms with E-state index < -0.39 is 0 Å². The molecule has 1 heterocycles. The first-order valence-electron chi connectivity index (χ1n) is 6.63. The molecule has 3 nitrogen and oxygen atoms in total. The van der Waals surface area contributed by atoms with Crippen LogP contribution >= 0.6 is 34.5 Å². The lowest BCUT2D eigenvalue weighted by molar-refractivity contribution is 0.531. The first-order chi connectivity index (χ1) is 9.63. The van der Waals surface area contributed by atoms with Crippen molar-refractivity contribution in [3.63, 3.8) is 0 Å². The van der Waals surface area contributed by atoms with Crippen LogP contribution in [0.3, 0.4) is 0 Å². The summed E-state index contributed by atoms with van der Waals surface area (Å²) in [7, 11) is 0. The van der Waals surface area contributed by atoms with Gasteiger partial charge in [0, 0.05) is 6.42 Å². The predicted molar refractivity (Wildman–Crippen MR) is 85.9 cm³/mol. The summed E-state index contributed by atoms with van der Waals surface area (Å²) in [4.78, 5) is 0. The minimum Gasteiger partial charge on any atom is -0.308 e. The highest BCUT2D eigenvalue weighted by Crippen LogP contribution is 2.26. The summed E-state index contributed by atoms with van der Waals surface area (Å²) in [5.41, 5.74) is 1.10. The van der Waals surface area contributed by atoms with E-state index >= 15 is 0 Å².